The van der Waals surface area contributed by atoms with Crippen LogP contribution in [0.4, 0.5) is 0 Å². The summed E-state index contributed by atoms with van der Waals surface area (Å²) >= 11 is 0. The van der Waals surface area contributed by atoms with Crippen LogP contribution in [0.3, 0.4) is 0 Å². The summed E-state index contributed by atoms with van der Waals surface area (Å²) in [6, 6.07) is 18.0. The molecular formula is C22H23N3O. The first kappa shape index (κ1) is 17.7. The minimum atomic E-state index is -0.211. The van der Waals surface area contributed by atoms with Crippen molar-refractivity contribution >= 4 is 23.0 Å². The molecule has 1 N–H and O–H groups in total. The monoisotopic (exact) mass is 345 g/mol. The van der Waals surface area contributed by atoms with Gasteiger partial charge in [0.15, 0.2) is 0 Å². The van der Waals surface area contributed by atoms with Gasteiger partial charge < -0.3 is 9.88 Å². The molecule has 1 amide bonds. The van der Waals surface area contributed by atoms with Crippen molar-refractivity contribution in [3.63, 3.8) is 0 Å². The first-order valence-corrected chi connectivity index (χ1v) is 8.69. The molecule has 0 aliphatic carbocycles. The second kappa shape index (κ2) is 7.83. The molecule has 4 nitrogen and oxygen atoms in total. The van der Waals surface area contributed by atoms with E-state index in [0.717, 1.165) is 22.4 Å². The normalized spacial score (nSPS) is 12.4. The van der Waals surface area contributed by atoms with Crippen LogP contribution in [-0.4, -0.2) is 15.5 Å². The van der Waals surface area contributed by atoms with Crippen molar-refractivity contribution in [2.75, 3.05) is 0 Å². The minimum absolute atomic E-state index is 0.157. The van der Waals surface area contributed by atoms with Gasteiger partial charge in [-0.1, -0.05) is 61.2 Å². The number of fused-ring (bicyclic) bond motifs is 1. The molecule has 2 aromatic carbocycles. The quantitative estimate of drug-likeness (QED) is 0.669. The molecule has 1 heterocycles. The van der Waals surface area contributed by atoms with Crippen LogP contribution >= 0.6 is 0 Å². The Morgan fingerprint density at radius 1 is 1.19 bits per heavy atom. The van der Waals surface area contributed by atoms with E-state index in [0.29, 0.717) is 12.1 Å². The molecule has 0 aliphatic rings. The Morgan fingerprint density at radius 2 is 1.88 bits per heavy atom. The van der Waals surface area contributed by atoms with Gasteiger partial charge in [-0.3, -0.25) is 4.79 Å². The molecule has 0 spiro atoms. The Kier molecular flexibility index (Phi) is 5.32. The van der Waals surface area contributed by atoms with E-state index in [-0.39, 0.29) is 11.9 Å². The fourth-order valence-corrected chi connectivity index (χ4v) is 2.86. The predicted molar refractivity (Wildman–Crippen MR) is 107 cm³/mol. The number of hydrogen-bond donors (Lipinski definition) is 1. The lowest BCUT2D eigenvalue weighted by Crippen LogP contribution is -2.29. The number of rotatable bonds is 6. The number of allylic oxidation sites excluding steroid dienone is 1. The van der Waals surface area contributed by atoms with Crippen LogP contribution in [0.5, 0.6) is 0 Å². The lowest BCUT2D eigenvalue weighted by molar-refractivity contribution is -0.118. The summed E-state index contributed by atoms with van der Waals surface area (Å²) in [5.74, 6) is 0.675. The van der Waals surface area contributed by atoms with Gasteiger partial charge in [0.1, 0.15) is 5.82 Å². The van der Waals surface area contributed by atoms with E-state index in [1.165, 1.54) is 0 Å². The highest BCUT2D eigenvalue weighted by Crippen LogP contribution is 2.21. The molecule has 1 aromatic heterocycles. The topological polar surface area (TPSA) is 46.9 Å². The summed E-state index contributed by atoms with van der Waals surface area (Å²) < 4.78 is 2.14. The first-order chi connectivity index (χ1) is 12.6. The first-order valence-electron chi connectivity index (χ1n) is 8.69. The van der Waals surface area contributed by atoms with E-state index in [1.807, 2.05) is 43.3 Å². The van der Waals surface area contributed by atoms with E-state index in [4.69, 9.17) is 4.98 Å². The average molecular weight is 345 g/mol. The Labute approximate surface area is 153 Å². The summed E-state index contributed by atoms with van der Waals surface area (Å²) in [7, 11) is 0. The third-order valence-corrected chi connectivity index (χ3v) is 4.20. The molecule has 132 valence electrons. The van der Waals surface area contributed by atoms with Gasteiger partial charge in [0.2, 0.25) is 5.91 Å². The third kappa shape index (κ3) is 3.91. The molecule has 0 bridgehead atoms. The second-order valence-electron chi connectivity index (χ2n) is 6.36. The van der Waals surface area contributed by atoms with Gasteiger partial charge in [0.25, 0.3) is 0 Å². The number of nitrogens with zero attached hydrogens (tertiary/aromatic N) is 2. The summed E-state index contributed by atoms with van der Waals surface area (Å²) in [5, 5.41) is 2.96. The lowest BCUT2D eigenvalue weighted by Gasteiger charge is -2.15. The van der Waals surface area contributed by atoms with E-state index in [9.17, 15) is 4.79 Å². The zero-order valence-electron chi connectivity index (χ0n) is 15.1. The number of carbonyl (C=O) groups excluding carboxylic acids is 1. The van der Waals surface area contributed by atoms with Crippen LogP contribution in [-0.2, 0) is 11.3 Å². The van der Waals surface area contributed by atoms with Crippen LogP contribution < -0.4 is 5.32 Å². The van der Waals surface area contributed by atoms with E-state index in [2.05, 4.69) is 46.8 Å². The number of carbonyl (C=O) groups is 1. The average Bonchev–Trinajstić information content (AvgIpc) is 3.01. The summed E-state index contributed by atoms with van der Waals surface area (Å²) in [5.41, 5.74) is 3.62. The van der Waals surface area contributed by atoms with Crippen LogP contribution in [0.1, 0.15) is 31.3 Å². The zero-order valence-corrected chi connectivity index (χ0v) is 15.1. The van der Waals surface area contributed by atoms with Gasteiger partial charge in [-0.15, -0.1) is 0 Å². The fraction of sp³-hybridized carbons (Fsp3) is 0.182. The number of imidazole rings is 1. The van der Waals surface area contributed by atoms with Gasteiger partial charge in [-0.05, 0) is 31.5 Å². The highest BCUT2D eigenvalue weighted by molar-refractivity contribution is 5.92. The zero-order chi connectivity index (χ0) is 18.5. The fourth-order valence-electron chi connectivity index (χ4n) is 2.86. The molecule has 26 heavy (non-hydrogen) atoms. The molecule has 3 aromatic rings. The van der Waals surface area contributed by atoms with Crippen LogP contribution in [0, 0.1) is 0 Å². The SMILES string of the molecule is C=C(C)C(=O)NC(C)c1nc2ccccc2n1C/C=C/c1ccccc1. The largest absolute Gasteiger partial charge is 0.343 e. The minimum Gasteiger partial charge on any atom is -0.343 e. The van der Waals surface area contributed by atoms with Gasteiger partial charge in [-0.25, -0.2) is 4.98 Å². The maximum absolute atomic E-state index is 12.0. The van der Waals surface area contributed by atoms with Gasteiger partial charge in [0.05, 0.1) is 17.1 Å². The smallest absolute Gasteiger partial charge is 0.246 e. The Balaban J connectivity index is 1.90. The molecule has 0 radical (unpaired) electrons. The summed E-state index contributed by atoms with van der Waals surface area (Å²) in [6.07, 6.45) is 4.20. The van der Waals surface area contributed by atoms with Gasteiger partial charge >= 0.3 is 0 Å². The van der Waals surface area contributed by atoms with Crippen molar-refractivity contribution < 1.29 is 4.79 Å². The van der Waals surface area contributed by atoms with Crippen LogP contribution in [0.25, 0.3) is 17.1 Å². The predicted octanol–water partition coefficient (Wildman–Crippen LogP) is 4.50. The van der Waals surface area contributed by atoms with Crippen molar-refractivity contribution in [3.8, 4) is 0 Å². The van der Waals surface area contributed by atoms with Crippen molar-refractivity contribution in [2.24, 2.45) is 0 Å². The molecule has 1 atom stereocenters. The number of hydrogen-bond acceptors (Lipinski definition) is 2. The van der Waals surface area contributed by atoms with Crippen LogP contribution in [0.15, 0.2) is 72.8 Å². The van der Waals surface area contributed by atoms with E-state index < -0.39 is 0 Å². The molecule has 0 aliphatic heterocycles. The third-order valence-electron chi connectivity index (χ3n) is 4.20. The van der Waals surface area contributed by atoms with Crippen molar-refractivity contribution in [1.82, 2.24) is 14.9 Å². The van der Waals surface area contributed by atoms with Gasteiger partial charge in [-0.2, -0.15) is 0 Å². The number of amides is 1. The molecule has 4 heteroatoms. The number of benzene rings is 2. The highest BCUT2D eigenvalue weighted by Gasteiger charge is 2.17. The number of aromatic nitrogens is 2. The Bertz CT molecular complexity index is 954. The van der Waals surface area contributed by atoms with E-state index >= 15 is 0 Å². The maximum Gasteiger partial charge on any atom is 0.246 e. The molecule has 3 rings (SSSR count). The summed E-state index contributed by atoms with van der Waals surface area (Å²) in [6.45, 7) is 8.02. The number of para-hydroxylation sites is 2. The van der Waals surface area contributed by atoms with Crippen LogP contribution in [0.2, 0.25) is 0 Å². The highest BCUT2D eigenvalue weighted by atomic mass is 16.1. The standard InChI is InChI=1S/C22H23N3O/c1-16(2)22(26)23-17(3)21-24-19-13-7-8-14-20(19)25(21)15-9-12-18-10-5-4-6-11-18/h4-14,17H,1,15H2,2-3H3,(H,23,26)/b12-9+. The molecular weight excluding hydrogens is 322 g/mol. The Morgan fingerprint density at radius 3 is 2.62 bits per heavy atom. The van der Waals surface area contributed by atoms with Gasteiger partial charge in [0, 0.05) is 12.1 Å². The molecule has 0 fully saturated rings. The molecule has 1 unspecified atom stereocenters. The second-order valence-corrected chi connectivity index (χ2v) is 6.36. The lowest BCUT2D eigenvalue weighted by atomic mass is 10.2. The Hall–Kier alpha value is -3.14. The van der Waals surface area contributed by atoms with E-state index in [1.54, 1.807) is 6.92 Å². The van der Waals surface area contributed by atoms with Crippen molar-refractivity contribution in [2.45, 2.75) is 26.4 Å². The summed E-state index contributed by atoms with van der Waals surface area (Å²) in [4.78, 5) is 16.7. The maximum atomic E-state index is 12.0. The van der Waals surface area contributed by atoms with Crippen molar-refractivity contribution in [3.05, 3.63) is 84.2 Å². The molecule has 0 saturated heterocycles. The number of nitrogens with one attached hydrogen (secondary N) is 1. The van der Waals surface area contributed by atoms with Crippen molar-refractivity contribution in [1.29, 1.82) is 0 Å². The molecule has 0 saturated carbocycles.